The van der Waals surface area contributed by atoms with Gasteiger partial charge in [0.1, 0.15) is 23.7 Å². The fourth-order valence-corrected chi connectivity index (χ4v) is 7.34. The average molecular weight is 733 g/mol. The van der Waals surface area contributed by atoms with Crippen LogP contribution in [0.4, 0.5) is 4.79 Å². The lowest BCUT2D eigenvalue weighted by atomic mass is 9.85. The van der Waals surface area contributed by atoms with Crippen LogP contribution >= 0.6 is 11.3 Å². The molecule has 0 bridgehead atoms. The molecule has 1 aromatic rings. The van der Waals surface area contributed by atoms with Gasteiger partial charge in [-0.1, -0.05) is 60.5 Å². The van der Waals surface area contributed by atoms with Crippen LogP contribution in [0.1, 0.15) is 92.5 Å². The molecular formula is C36H56N6O8S. The van der Waals surface area contributed by atoms with Crippen LogP contribution in [0.2, 0.25) is 0 Å². The maximum atomic E-state index is 14.1. The third kappa shape index (κ3) is 10.3. The predicted octanol–water partition coefficient (Wildman–Crippen LogP) is 2.78. The Balaban J connectivity index is 1.75. The Morgan fingerprint density at radius 1 is 1.02 bits per heavy atom. The van der Waals surface area contributed by atoms with E-state index in [1.165, 1.54) is 21.1 Å². The van der Waals surface area contributed by atoms with E-state index < -0.39 is 77.2 Å². The molecule has 6 atom stereocenters. The van der Waals surface area contributed by atoms with Crippen molar-refractivity contribution < 1.29 is 38.3 Å². The number of likely N-dealkylation sites (N-methyl/N-ethyl adjacent to an activating group) is 1. The molecule has 1 aliphatic carbocycles. The molecule has 2 heterocycles. The first-order chi connectivity index (χ1) is 23.5. The van der Waals surface area contributed by atoms with Gasteiger partial charge in [-0.2, -0.15) is 0 Å². The van der Waals surface area contributed by atoms with Gasteiger partial charge in [-0.05, 0) is 61.3 Å². The lowest BCUT2D eigenvalue weighted by Crippen LogP contribution is -2.60. The number of hydrogen-bond acceptors (Lipinski definition) is 9. The second kappa shape index (κ2) is 16.1. The van der Waals surface area contributed by atoms with E-state index in [9.17, 15) is 33.6 Å². The van der Waals surface area contributed by atoms with E-state index >= 15 is 0 Å². The summed E-state index contributed by atoms with van der Waals surface area (Å²) < 4.78 is 5.43. The van der Waals surface area contributed by atoms with E-state index in [4.69, 9.17) is 4.74 Å². The van der Waals surface area contributed by atoms with Crippen molar-refractivity contribution in [3.05, 3.63) is 22.4 Å². The molecule has 0 aromatic carbocycles. The summed E-state index contributed by atoms with van der Waals surface area (Å²) >= 11 is 1.29. The van der Waals surface area contributed by atoms with Crippen LogP contribution in [0, 0.1) is 22.7 Å². The van der Waals surface area contributed by atoms with Crippen molar-refractivity contribution in [2.24, 2.45) is 22.7 Å². The van der Waals surface area contributed by atoms with Crippen LogP contribution in [0.5, 0.6) is 0 Å². The van der Waals surface area contributed by atoms with Crippen LogP contribution < -0.4 is 21.3 Å². The number of piperidine rings is 1. The highest BCUT2D eigenvalue weighted by molar-refractivity contribution is 7.10. The van der Waals surface area contributed by atoms with Crippen molar-refractivity contribution in [3.8, 4) is 0 Å². The number of hydrogen-bond donors (Lipinski definition) is 4. The summed E-state index contributed by atoms with van der Waals surface area (Å²) in [4.78, 5) is 96.5. The zero-order valence-corrected chi connectivity index (χ0v) is 32.6. The number of carbonyl (C=O) groups excluding carboxylic acids is 7. The van der Waals surface area contributed by atoms with Gasteiger partial charge in [0.15, 0.2) is 0 Å². The van der Waals surface area contributed by atoms with E-state index in [-0.39, 0.29) is 29.6 Å². The van der Waals surface area contributed by atoms with E-state index in [0.29, 0.717) is 24.3 Å². The Hall–Kier alpha value is -4.01. The Morgan fingerprint density at radius 2 is 1.67 bits per heavy atom. The quantitative estimate of drug-likeness (QED) is 0.211. The summed E-state index contributed by atoms with van der Waals surface area (Å²) in [6.07, 6.45) is 0.624. The van der Waals surface area contributed by atoms with Gasteiger partial charge >= 0.3 is 6.09 Å². The fraction of sp³-hybridized carbons (Fsp3) is 0.694. The topological polar surface area (TPSA) is 183 Å². The summed E-state index contributed by atoms with van der Waals surface area (Å²) in [6, 6.07) is -0.637. The Labute approximate surface area is 305 Å². The molecule has 4 N–H and O–H groups in total. The number of alkyl carbamates (subject to hydrolysis) is 1. The normalized spacial score (nSPS) is 20.9. The number of ether oxygens (including phenoxy) is 1. The van der Waals surface area contributed by atoms with Gasteiger partial charge in [0, 0.05) is 25.5 Å². The average Bonchev–Trinajstić information content (AvgIpc) is 3.46. The van der Waals surface area contributed by atoms with E-state index in [1.807, 2.05) is 41.5 Å². The number of unbranched alkanes of at least 4 members (excludes halogenated alkanes) is 1. The van der Waals surface area contributed by atoms with E-state index in [0.717, 1.165) is 0 Å². The standard InChI is InChI=1S/C36H56N6O8S/c1-12-13-15-21(27(44)30(46)37-18-23(43)39-25(31(47)41(10)11)22-16-14-17-51-22)38-29(45)26-24-20(36(24,8)9)19-42(26)32(48)28(34(2,3)4)40-33(49)50-35(5,6)7/h14,16-17,20-21,24-26,28H,12-13,15,18-19H2,1-11H3,(H,37,46)(H,38,45)(H,39,43)(H,40,49)/t20-,21?,24-,25+,26+,28-/m1/s1. The molecule has 14 nitrogen and oxygen atoms in total. The maximum Gasteiger partial charge on any atom is 0.408 e. The van der Waals surface area contributed by atoms with Crippen LogP contribution in [-0.2, 0) is 33.5 Å². The first-order valence-electron chi connectivity index (χ1n) is 17.5. The zero-order valence-electron chi connectivity index (χ0n) is 31.8. The lowest BCUT2D eigenvalue weighted by molar-refractivity contribution is -0.145. The summed E-state index contributed by atoms with van der Waals surface area (Å²) in [5.41, 5.74) is -1.76. The molecule has 2 aliphatic rings. The highest BCUT2D eigenvalue weighted by Gasteiger charge is 2.70. The number of ketones is 1. The van der Waals surface area contributed by atoms with Crippen LogP contribution in [0.15, 0.2) is 17.5 Å². The smallest absolute Gasteiger partial charge is 0.408 e. The number of Topliss-reactive ketones (excluding diaryl/α,β-unsaturated/α-hetero) is 1. The minimum atomic E-state index is -1.20. The number of fused-ring (bicyclic) bond motifs is 1. The molecule has 284 valence electrons. The van der Waals surface area contributed by atoms with Gasteiger partial charge in [-0.15, -0.1) is 11.3 Å². The number of likely N-dealkylation sites (tertiary alicyclic amines) is 1. The number of thiophene rings is 1. The molecule has 51 heavy (non-hydrogen) atoms. The number of rotatable bonds is 14. The minimum Gasteiger partial charge on any atom is -0.444 e. The molecule has 1 saturated heterocycles. The van der Waals surface area contributed by atoms with Crippen molar-refractivity contribution in [3.63, 3.8) is 0 Å². The van der Waals surface area contributed by atoms with Gasteiger partial charge in [-0.3, -0.25) is 28.8 Å². The number of amides is 6. The molecule has 0 spiro atoms. The molecule has 3 rings (SSSR count). The summed E-state index contributed by atoms with van der Waals surface area (Å²) in [7, 11) is 3.13. The van der Waals surface area contributed by atoms with Crippen LogP contribution in [-0.4, -0.2) is 102 Å². The highest BCUT2D eigenvalue weighted by Crippen LogP contribution is 2.65. The molecule has 6 amide bonds. The zero-order chi connectivity index (χ0) is 38.6. The van der Waals surface area contributed by atoms with Crippen molar-refractivity contribution in [1.82, 2.24) is 31.1 Å². The van der Waals surface area contributed by atoms with Crippen molar-refractivity contribution in [1.29, 1.82) is 0 Å². The van der Waals surface area contributed by atoms with Crippen LogP contribution in [0.3, 0.4) is 0 Å². The fourth-order valence-electron chi connectivity index (χ4n) is 6.57. The number of nitrogens with zero attached hydrogens (tertiary/aromatic N) is 2. The predicted molar refractivity (Wildman–Crippen MR) is 192 cm³/mol. The highest BCUT2D eigenvalue weighted by atomic mass is 32.1. The second-order valence-corrected chi connectivity index (χ2v) is 17.3. The SMILES string of the molecule is CCCCC(NC(=O)[C@@H]1[C@H]2[C@@H](CN1C(=O)[C@@H](NC(=O)OC(C)(C)C)C(C)(C)C)C2(C)C)C(=O)C(=O)NCC(=O)N[C@H](C(=O)N(C)C)c1cccs1. The lowest BCUT2D eigenvalue weighted by Gasteiger charge is -2.38. The van der Waals surface area contributed by atoms with E-state index in [1.54, 1.807) is 52.4 Å². The van der Waals surface area contributed by atoms with Crippen molar-refractivity contribution in [2.45, 2.75) is 111 Å². The third-order valence-electron chi connectivity index (χ3n) is 9.47. The first-order valence-corrected chi connectivity index (χ1v) is 18.4. The van der Waals surface area contributed by atoms with Gasteiger partial charge < -0.3 is 35.8 Å². The molecule has 0 radical (unpaired) electrons. The Morgan fingerprint density at radius 3 is 2.20 bits per heavy atom. The molecular weight excluding hydrogens is 676 g/mol. The summed E-state index contributed by atoms with van der Waals surface area (Å²) in [6.45, 7) is 16.3. The molecule has 15 heteroatoms. The number of nitrogens with one attached hydrogen (secondary N) is 4. The van der Waals surface area contributed by atoms with Crippen LogP contribution in [0.25, 0.3) is 0 Å². The largest absolute Gasteiger partial charge is 0.444 e. The van der Waals surface area contributed by atoms with Gasteiger partial charge in [0.25, 0.3) is 5.91 Å². The third-order valence-corrected chi connectivity index (χ3v) is 10.4. The summed E-state index contributed by atoms with van der Waals surface area (Å²) in [5.74, 6) is -4.17. The maximum absolute atomic E-state index is 14.1. The van der Waals surface area contributed by atoms with Gasteiger partial charge in [0.05, 0.1) is 12.6 Å². The Bertz CT molecular complexity index is 1480. The van der Waals surface area contributed by atoms with Crippen molar-refractivity contribution in [2.75, 3.05) is 27.2 Å². The van der Waals surface area contributed by atoms with Gasteiger partial charge in [-0.25, -0.2) is 4.79 Å². The Kier molecular flexibility index (Phi) is 13.1. The first kappa shape index (κ1) is 41.4. The van der Waals surface area contributed by atoms with Gasteiger partial charge in [0.2, 0.25) is 29.4 Å². The molecule has 1 aromatic heterocycles. The minimum absolute atomic E-state index is 0.0309. The second-order valence-electron chi connectivity index (χ2n) is 16.3. The molecule has 1 saturated carbocycles. The van der Waals surface area contributed by atoms with E-state index in [2.05, 4.69) is 21.3 Å². The number of carbonyl (C=O) groups is 7. The molecule has 2 fully saturated rings. The summed E-state index contributed by atoms with van der Waals surface area (Å²) in [5, 5.41) is 12.2. The molecule has 1 aliphatic heterocycles. The molecule has 1 unspecified atom stereocenters. The monoisotopic (exact) mass is 732 g/mol. The van der Waals surface area contributed by atoms with Crippen molar-refractivity contribution >= 4 is 52.7 Å².